The quantitative estimate of drug-likeness (QED) is 0.510. The summed E-state index contributed by atoms with van der Waals surface area (Å²) in [4.78, 5) is 24.4. The zero-order valence-corrected chi connectivity index (χ0v) is 15.1. The van der Waals surface area contributed by atoms with Gasteiger partial charge in [-0.2, -0.15) is 5.26 Å². The Bertz CT molecular complexity index is 1050. The lowest BCUT2D eigenvalue weighted by Crippen LogP contribution is -2.08. The zero-order valence-electron chi connectivity index (χ0n) is 15.1. The van der Waals surface area contributed by atoms with E-state index in [9.17, 15) is 9.59 Å². The van der Waals surface area contributed by atoms with Crippen molar-refractivity contribution >= 4 is 23.5 Å². The molecule has 0 fully saturated rings. The van der Waals surface area contributed by atoms with Gasteiger partial charge in [0.15, 0.2) is 5.78 Å². The van der Waals surface area contributed by atoms with Crippen molar-refractivity contribution in [2.45, 2.75) is 6.42 Å². The van der Waals surface area contributed by atoms with Gasteiger partial charge < -0.3 is 5.32 Å². The number of nitriles is 1. The normalized spacial score (nSPS) is 10.4. The van der Waals surface area contributed by atoms with Crippen LogP contribution in [0.15, 0.2) is 84.9 Å². The summed E-state index contributed by atoms with van der Waals surface area (Å²) in [6, 6.07) is 25.5. The molecule has 28 heavy (non-hydrogen) atoms. The third kappa shape index (κ3) is 5.03. The lowest BCUT2D eigenvalue weighted by Gasteiger charge is -2.05. The van der Waals surface area contributed by atoms with E-state index in [2.05, 4.69) is 11.4 Å². The molecule has 3 aromatic rings. The Morgan fingerprint density at radius 3 is 2.29 bits per heavy atom. The standard InChI is InChI=1S/C24H18N2O2/c25-17-21-9-5-4-8-19(21)12-15-24(28)26-22-13-10-20(11-14-22)23(27)16-18-6-2-1-3-7-18/h1-15H,16H2,(H,26,28)/b15-12+. The van der Waals surface area contributed by atoms with Crippen LogP contribution in [0.3, 0.4) is 0 Å². The van der Waals surface area contributed by atoms with Gasteiger partial charge in [-0.15, -0.1) is 0 Å². The van der Waals surface area contributed by atoms with Crippen LogP contribution in [0.5, 0.6) is 0 Å². The highest BCUT2D eigenvalue weighted by molar-refractivity contribution is 6.03. The number of carbonyl (C=O) groups excluding carboxylic acids is 2. The molecule has 3 aromatic carbocycles. The van der Waals surface area contributed by atoms with Crippen molar-refractivity contribution in [3.05, 3.63) is 107 Å². The molecule has 3 rings (SSSR count). The van der Waals surface area contributed by atoms with Crippen LogP contribution < -0.4 is 5.32 Å². The van der Waals surface area contributed by atoms with Crippen molar-refractivity contribution < 1.29 is 9.59 Å². The van der Waals surface area contributed by atoms with Crippen LogP contribution in [-0.2, 0) is 11.2 Å². The van der Waals surface area contributed by atoms with Crippen molar-refractivity contribution in [3.63, 3.8) is 0 Å². The maximum Gasteiger partial charge on any atom is 0.248 e. The molecule has 0 saturated carbocycles. The van der Waals surface area contributed by atoms with Gasteiger partial charge in [0.2, 0.25) is 5.91 Å². The minimum absolute atomic E-state index is 0.0251. The highest BCUT2D eigenvalue weighted by Crippen LogP contribution is 2.13. The number of nitrogens with zero attached hydrogens (tertiary/aromatic N) is 1. The van der Waals surface area contributed by atoms with E-state index < -0.39 is 0 Å². The molecule has 0 saturated heterocycles. The van der Waals surface area contributed by atoms with E-state index in [1.54, 1.807) is 48.5 Å². The first kappa shape index (κ1) is 18.8. The molecular formula is C24H18N2O2. The molecule has 0 unspecified atom stereocenters. The third-order valence-electron chi connectivity index (χ3n) is 4.18. The van der Waals surface area contributed by atoms with Gasteiger partial charge in [-0.3, -0.25) is 9.59 Å². The van der Waals surface area contributed by atoms with Gasteiger partial charge in [0.1, 0.15) is 0 Å². The fourth-order valence-electron chi connectivity index (χ4n) is 2.72. The number of amides is 1. The van der Waals surface area contributed by atoms with Crippen LogP contribution >= 0.6 is 0 Å². The first-order valence-corrected chi connectivity index (χ1v) is 8.81. The van der Waals surface area contributed by atoms with E-state index in [0.717, 1.165) is 5.56 Å². The minimum atomic E-state index is -0.309. The van der Waals surface area contributed by atoms with Crippen LogP contribution in [0.25, 0.3) is 6.08 Å². The number of hydrogen-bond donors (Lipinski definition) is 1. The van der Waals surface area contributed by atoms with Crippen LogP contribution in [0.4, 0.5) is 5.69 Å². The summed E-state index contributed by atoms with van der Waals surface area (Å²) < 4.78 is 0. The van der Waals surface area contributed by atoms with Crippen molar-refractivity contribution in [2.75, 3.05) is 5.32 Å². The number of rotatable bonds is 6. The van der Waals surface area contributed by atoms with E-state index in [1.807, 2.05) is 36.4 Å². The van der Waals surface area contributed by atoms with Crippen molar-refractivity contribution in [1.82, 2.24) is 0 Å². The average Bonchev–Trinajstić information content (AvgIpc) is 2.73. The Hall–Kier alpha value is -3.97. The van der Waals surface area contributed by atoms with Gasteiger partial charge in [-0.25, -0.2) is 0 Å². The van der Waals surface area contributed by atoms with Crippen LogP contribution in [0, 0.1) is 11.3 Å². The molecule has 4 nitrogen and oxygen atoms in total. The number of ketones is 1. The molecular weight excluding hydrogens is 348 g/mol. The van der Waals surface area contributed by atoms with Gasteiger partial charge in [-0.05, 0) is 47.5 Å². The zero-order chi connectivity index (χ0) is 19.8. The first-order valence-electron chi connectivity index (χ1n) is 8.81. The molecule has 136 valence electrons. The van der Waals surface area contributed by atoms with Crippen LogP contribution in [-0.4, -0.2) is 11.7 Å². The first-order chi connectivity index (χ1) is 13.7. The summed E-state index contributed by atoms with van der Waals surface area (Å²) in [5.74, 6) is -0.284. The summed E-state index contributed by atoms with van der Waals surface area (Å²) in [6.45, 7) is 0. The lowest BCUT2D eigenvalue weighted by molar-refractivity contribution is -0.111. The topological polar surface area (TPSA) is 70.0 Å². The minimum Gasteiger partial charge on any atom is -0.323 e. The van der Waals surface area contributed by atoms with Crippen molar-refractivity contribution in [3.8, 4) is 6.07 Å². The molecule has 4 heteroatoms. The molecule has 0 atom stereocenters. The number of hydrogen-bond acceptors (Lipinski definition) is 3. The molecule has 0 bridgehead atoms. The molecule has 0 aliphatic rings. The lowest BCUT2D eigenvalue weighted by atomic mass is 10.0. The molecule has 1 amide bonds. The van der Waals surface area contributed by atoms with Crippen molar-refractivity contribution in [1.29, 1.82) is 5.26 Å². The Labute approximate surface area is 163 Å². The summed E-state index contributed by atoms with van der Waals surface area (Å²) >= 11 is 0. The van der Waals surface area contributed by atoms with E-state index in [-0.39, 0.29) is 11.7 Å². The summed E-state index contributed by atoms with van der Waals surface area (Å²) in [7, 11) is 0. The fourth-order valence-corrected chi connectivity index (χ4v) is 2.72. The second-order valence-corrected chi connectivity index (χ2v) is 6.18. The number of anilines is 1. The van der Waals surface area contributed by atoms with Crippen LogP contribution in [0.1, 0.15) is 27.0 Å². The smallest absolute Gasteiger partial charge is 0.248 e. The molecule has 0 spiro atoms. The monoisotopic (exact) mass is 366 g/mol. The molecule has 0 aliphatic heterocycles. The van der Waals surface area contributed by atoms with E-state index in [1.165, 1.54) is 6.08 Å². The maximum atomic E-state index is 12.3. The van der Waals surface area contributed by atoms with E-state index >= 15 is 0 Å². The van der Waals surface area contributed by atoms with Gasteiger partial charge >= 0.3 is 0 Å². The summed E-state index contributed by atoms with van der Waals surface area (Å²) in [5.41, 5.74) is 3.35. The highest BCUT2D eigenvalue weighted by atomic mass is 16.1. The Morgan fingerprint density at radius 1 is 0.893 bits per heavy atom. The predicted molar refractivity (Wildman–Crippen MR) is 110 cm³/mol. The molecule has 0 radical (unpaired) electrons. The number of Topliss-reactive ketones (excluding diaryl/α,β-unsaturated/α-hetero) is 1. The number of carbonyl (C=O) groups is 2. The molecule has 0 heterocycles. The van der Waals surface area contributed by atoms with E-state index in [0.29, 0.717) is 28.8 Å². The Balaban J connectivity index is 1.61. The fraction of sp³-hybridized carbons (Fsp3) is 0.0417. The number of benzene rings is 3. The number of nitrogens with one attached hydrogen (secondary N) is 1. The van der Waals surface area contributed by atoms with Gasteiger partial charge in [0.05, 0.1) is 11.6 Å². The largest absolute Gasteiger partial charge is 0.323 e. The van der Waals surface area contributed by atoms with Crippen molar-refractivity contribution in [2.24, 2.45) is 0 Å². The SMILES string of the molecule is N#Cc1ccccc1/C=C/C(=O)Nc1ccc(C(=O)Cc2ccccc2)cc1. The van der Waals surface area contributed by atoms with Crippen LogP contribution in [0.2, 0.25) is 0 Å². The Kier molecular flexibility index (Phi) is 6.12. The molecule has 0 aromatic heterocycles. The second kappa shape index (κ2) is 9.11. The molecule has 0 aliphatic carbocycles. The van der Waals surface area contributed by atoms with E-state index in [4.69, 9.17) is 5.26 Å². The second-order valence-electron chi connectivity index (χ2n) is 6.18. The predicted octanol–water partition coefficient (Wildman–Crippen LogP) is 4.64. The Morgan fingerprint density at radius 2 is 1.57 bits per heavy atom. The average molecular weight is 366 g/mol. The maximum absolute atomic E-state index is 12.3. The summed E-state index contributed by atoms with van der Waals surface area (Å²) in [6.07, 6.45) is 3.32. The van der Waals surface area contributed by atoms with Gasteiger partial charge in [0, 0.05) is 23.7 Å². The third-order valence-corrected chi connectivity index (χ3v) is 4.18. The van der Waals surface area contributed by atoms with Gasteiger partial charge in [-0.1, -0.05) is 48.5 Å². The van der Waals surface area contributed by atoms with Gasteiger partial charge in [0.25, 0.3) is 0 Å². The highest BCUT2D eigenvalue weighted by Gasteiger charge is 2.07. The molecule has 1 N–H and O–H groups in total. The summed E-state index contributed by atoms with van der Waals surface area (Å²) in [5, 5.41) is 11.8.